The number of carbonyl (C=O) groups is 1. The monoisotopic (exact) mass is 227 g/mol. The highest BCUT2D eigenvalue weighted by molar-refractivity contribution is 5.66. The van der Waals surface area contributed by atoms with Gasteiger partial charge in [0.1, 0.15) is 0 Å². The Labute approximate surface area is 96.6 Å². The fraction of sp³-hybridized carbons (Fsp3) is 0.917. The topological polar surface area (TPSA) is 49.8 Å². The fourth-order valence-electron chi connectivity index (χ4n) is 2.87. The van der Waals surface area contributed by atoms with Gasteiger partial charge in [-0.1, -0.05) is 0 Å². The molecule has 4 nitrogen and oxygen atoms in total. The second-order valence-corrected chi connectivity index (χ2v) is 5.01. The van der Waals surface area contributed by atoms with Crippen molar-refractivity contribution in [3.8, 4) is 0 Å². The van der Waals surface area contributed by atoms with E-state index in [0.29, 0.717) is 6.54 Å². The average molecular weight is 227 g/mol. The first kappa shape index (κ1) is 11.9. The normalized spacial score (nSPS) is 31.8. The minimum Gasteiger partial charge on any atom is -0.481 e. The minimum absolute atomic E-state index is 0.0506. The molecule has 0 aliphatic carbocycles. The summed E-state index contributed by atoms with van der Waals surface area (Å²) in [5, 5.41) is 8.69. The van der Waals surface area contributed by atoms with Crippen molar-refractivity contribution in [1.29, 1.82) is 0 Å². The van der Waals surface area contributed by atoms with Gasteiger partial charge in [0.2, 0.25) is 0 Å². The second kappa shape index (κ2) is 5.15. The zero-order chi connectivity index (χ0) is 11.4. The summed E-state index contributed by atoms with van der Waals surface area (Å²) in [7, 11) is 0. The molecule has 0 radical (unpaired) electrons. The number of ether oxygens (including phenoxy) is 1. The van der Waals surface area contributed by atoms with Crippen LogP contribution in [0, 0.1) is 0 Å². The molecule has 92 valence electrons. The van der Waals surface area contributed by atoms with Crippen molar-refractivity contribution in [3.05, 3.63) is 0 Å². The Kier molecular flexibility index (Phi) is 3.82. The molecule has 2 rings (SSSR count). The van der Waals surface area contributed by atoms with Crippen LogP contribution in [0.5, 0.6) is 0 Å². The smallest absolute Gasteiger partial charge is 0.304 e. The molecule has 1 spiro atoms. The van der Waals surface area contributed by atoms with Crippen LogP contribution in [0.1, 0.15) is 38.5 Å². The molecule has 4 heteroatoms. The summed E-state index contributed by atoms with van der Waals surface area (Å²) in [5.74, 6) is -0.704. The molecular formula is C12H21NO3. The lowest BCUT2D eigenvalue weighted by Gasteiger charge is -2.44. The van der Waals surface area contributed by atoms with Crippen molar-refractivity contribution in [1.82, 2.24) is 4.90 Å². The van der Waals surface area contributed by atoms with Crippen molar-refractivity contribution >= 4 is 5.97 Å². The number of rotatable bonds is 3. The first-order valence-electron chi connectivity index (χ1n) is 6.28. The number of aliphatic carboxylic acids is 1. The standard InChI is InChI=1S/C12H21NO3/c14-11(15)4-8-13-7-3-6-12(10-13)5-1-2-9-16-12/h1-10H2,(H,14,15)/t12-/m1/s1. The van der Waals surface area contributed by atoms with Gasteiger partial charge in [0.05, 0.1) is 12.0 Å². The number of hydrogen-bond donors (Lipinski definition) is 1. The average Bonchev–Trinajstić information content (AvgIpc) is 2.28. The summed E-state index contributed by atoms with van der Waals surface area (Å²) >= 11 is 0. The van der Waals surface area contributed by atoms with Crippen LogP contribution in [0.15, 0.2) is 0 Å². The number of piperidine rings is 1. The number of hydrogen-bond acceptors (Lipinski definition) is 3. The summed E-state index contributed by atoms with van der Waals surface area (Å²) in [5.41, 5.74) is 0.0506. The highest BCUT2D eigenvalue weighted by Crippen LogP contribution is 2.33. The highest BCUT2D eigenvalue weighted by Gasteiger charge is 2.37. The summed E-state index contributed by atoms with van der Waals surface area (Å²) in [4.78, 5) is 12.8. The van der Waals surface area contributed by atoms with Crippen LogP contribution in [0.25, 0.3) is 0 Å². The Bertz CT molecular complexity index is 243. The number of likely N-dealkylation sites (tertiary alicyclic amines) is 1. The van der Waals surface area contributed by atoms with Gasteiger partial charge >= 0.3 is 5.97 Å². The van der Waals surface area contributed by atoms with Gasteiger partial charge in [0, 0.05) is 19.7 Å². The van der Waals surface area contributed by atoms with Crippen molar-refractivity contribution in [2.24, 2.45) is 0 Å². The molecule has 2 saturated heterocycles. The maximum atomic E-state index is 10.6. The van der Waals surface area contributed by atoms with Gasteiger partial charge in [-0.05, 0) is 38.6 Å². The van der Waals surface area contributed by atoms with Crippen molar-refractivity contribution < 1.29 is 14.6 Å². The highest BCUT2D eigenvalue weighted by atomic mass is 16.5. The molecule has 16 heavy (non-hydrogen) atoms. The van der Waals surface area contributed by atoms with Crippen LogP contribution >= 0.6 is 0 Å². The number of nitrogens with zero attached hydrogens (tertiary/aromatic N) is 1. The zero-order valence-corrected chi connectivity index (χ0v) is 9.78. The Hall–Kier alpha value is -0.610. The molecule has 0 aromatic carbocycles. The van der Waals surface area contributed by atoms with Crippen LogP contribution in [0.2, 0.25) is 0 Å². The van der Waals surface area contributed by atoms with Gasteiger partial charge in [-0.3, -0.25) is 9.69 Å². The summed E-state index contributed by atoms with van der Waals surface area (Å²) in [6, 6.07) is 0. The first-order valence-corrected chi connectivity index (χ1v) is 6.28. The van der Waals surface area contributed by atoms with E-state index in [0.717, 1.165) is 39.0 Å². The predicted molar refractivity (Wildman–Crippen MR) is 60.5 cm³/mol. The number of carboxylic acids is 1. The van der Waals surface area contributed by atoms with Crippen LogP contribution in [0.4, 0.5) is 0 Å². The molecule has 0 amide bonds. The molecule has 0 saturated carbocycles. The molecule has 1 N–H and O–H groups in total. The molecule has 0 bridgehead atoms. The van der Waals surface area contributed by atoms with E-state index in [4.69, 9.17) is 9.84 Å². The van der Waals surface area contributed by atoms with Crippen LogP contribution in [-0.4, -0.2) is 47.8 Å². The Balaban J connectivity index is 1.85. The lowest BCUT2D eigenvalue weighted by molar-refractivity contribution is -0.139. The Morgan fingerprint density at radius 3 is 2.81 bits per heavy atom. The van der Waals surface area contributed by atoms with Crippen molar-refractivity contribution in [3.63, 3.8) is 0 Å². The van der Waals surface area contributed by atoms with E-state index in [2.05, 4.69) is 4.90 Å². The summed E-state index contributed by atoms with van der Waals surface area (Å²) < 4.78 is 5.95. The molecule has 0 aromatic rings. The molecule has 0 unspecified atom stereocenters. The van der Waals surface area contributed by atoms with E-state index in [9.17, 15) is 4.79 Å². The van der Waals surface area contributed by atoms with E-state index in [1.807, 2.05) is 0 Å². The third-order valence-electron chi connectivity index (χ3n) is 3.70. The molecular weight excluding hydrogens is 206 g/mol. The zero-order valence-electron chi connectivity index (χ0n) is 9.78. The minimum atomic E-state index is -0.704. The Morgan fingerprint density at radius 2 is 2.12 bits per heavy atom. The van der Waals surface area contributed by atoms with Gasteiger partial charge in [-0.2, -0.15) is 0 Å². The lowest BCUT2D eigenvalue weighted by atomic mass is 9.86. The van der Waals surface area contributed by atoms with Crippen LogP contribution < -0.4 is 0 Å². The van der Waals surface area contributed by atoms with E-state index in [-0.39, 0.29) is 12.0 Å². The maximum Gasteiger partial charge on any atom is 0.304 e. The van der Waals surface area contributed by atoms with Crippen LogP contribution in [0.3, 0.4) is 0 Å². The largest absolute Gasteiger partial charge is 0.481 e. The Morgan fingerprint density at radius 1 is 1.31 bits per heavy atom. The van der Waals surface area contributed by atoms with Gasteiger partial charge in [-0.15, -0.1) is 0 Å². The van der Waals surface area contributed by atoms with Crippen molar-refractivity contribution in [2.45, 2.75) is 44.1 Å². The maximum absolute atomic E-state index is 10.6. The van der Waals surface area contributed by atoms with Gasteiger partial charge in [0.25, 0.3) is 0 Å². The van der Waals surface area contributed by atoms with E-state index < -0.39 is 5.97 Å². The van der Waals surface area contributed by atoms with E-state index >= 15 is 0 Å². The molecule has 2 aliphatic rings. The molecule has 0 aromatic heterocycles. The molecule has 1 atom stereocenters. The third-order valence-corrected chi connectivity index (χ3v) is 3.70. The summed E-state index contributed by atoms with van der Waals surface area (Å²) in [6.07, 6.45) is 6.12. The van der Waals surface area contributed by atoms with Gasteiger partial charge < -0.3 is 9.84 Å². The van der Waals surface area contributed by atoms with Gasteiger partial charge in [0.15, 0.2) is 0 Å². The second-order valence-electron chi connectivity index (χ2n) is 5.01. The lowest BCUT2D eigenvalue weighted by Crippen LogP contribution is -2.51. The third kappa shape index (κ3) is 2.95. The van der Waals surface area contributed by atoms with E-state index in [1.165, 1.54) is 12.8 Å². The molecule has 2 aliphatic heterocycles. The first-order chi connectivity index (χ1) is 7.70. The predicted octanol–water partition coefficient (Wildman–Crippen LogP) is 1.50. The number of carboxylic acid groups (broad SMARTS) is 1. The van der Waals surface area contributed by atoms with E-state index in [1.54, 1.807) is 0 Å². The fourth-order valence-corrected chi connectivity index (χ4v) is 2.87. The quantitative estimate of drug-likeness (QED) is 0.793. The van der Waals surface area contributed by atoms with Crippen molar-refractivity contribution in [2.75, 3.05) is 26.2 Å². The molecule has 2 fully saturated rings. The SMILES string of the molecule is O=C(O)CCN1CCC[C@]2(CCCCO2)C1. The van der Waals surface area contributed by atoms with Crippen LogP contribution in [-0.2, 0) is 9.53 Å². The summed E-state index contributed by atoms with van der Waals surface area (Å²) in [6.45, 7) is 3.51. The molecule has 2 heterocycles. The van der Waals surface area contributed by atoms with Gasteiger partial charge in [-0.25, -0.2) is 0 Å².